The Hall–Kier alpha value is -4.90. The maximum Gasteiger partial charge on any atom is 0.344 e. The molecule has 2 unspecified atom stereocenters. The van der Waals surface area contributed by atoms with E-state index in [-0.39, 0.29) is 23.8 Å². The fraction of sp³-hybridized carbons (Fsp3) is 0.574. The molecule has 1 N–H and O–H groups in total. The van der Waals surface area contributed by atoms with Crippen molar-refractivity contribution in [3.63, 3.8) is 0 Å². The Bertz CT molecular complexity index is 2440. The number of hydrogen-bond acceptors (Lipinski definition) is 12. The zero-order valence-electron chi connectivity index (χ0n) is 35.6. The first-order valence-electron chi connectivity index (χ1n) is 21.5. The molecule has 0 amide bonds. The number of anilines is 1. The number of nitrogens with zero attached hydrogens (tertiary/aromatic N) is 5. The van der Waals surface area contributed by atoms with Crippen molar-refractivity contribution in [2.24, 2.45) is 17.3 Å². The molecule has 13 nitrogen and oxygen atoms in total. The van der Waals surface area contributed by atoms with Gasteiger partial charge in [-0.1, -0.05) is 50.6 Å². The van der Waals surface area contributed by atoms with Gasteiger partial charge in [-0.3, -0.25) is 19.4 Å². The molecule has 2 aromatic carbocycles. The first-order valence-corrected chi connectivity index (χ1v) is 21.5. The topological polar surface area (TPSA) is 147 Å². The van der Waals surface area contributed by atoms with E-state index in [1.54, 1.807) is 7.11 Å². The van der Waals surface area contributed by atoms with E-state index in [1.807, 2.05) is 37.1 Å². The normalized spacial score (nSPS) is 37.8. The summed E-state index contributed by atoms with van der Waals surface area (Å²) in [6.45, 7) is 8.11. The van der Waals surface area contributed by atoms with E-state index in [1.165, 1.54) is 21.1 Å². The van der Waals surface area contributed by atoms with Gasteiger partial charge in [0, 0.05) is 78.7 Å². The third-order valence-corrected chi connectivity index (χ3v) is 16.6. The summed E-state index contributed by atoms with van der Waals surface area (Å²) in [5, 5.41) is 25.7. The van der Waals surface area contributed by atoms with Gasteiger partial charge in [-0.15, -0.1) is 0 Å². The number of carbonyl (C=O) groups excluding carboxylic acids is 3. The van der Waals surface area contributed by atoms with Crippen LogP contribution in [0.4, 0.5) is 5.69 Å². The third-order valence-electron chi connectivity index (χ3n) is 16.6. The average molecular weight is 818 g/mol. The predicted octanol–water partition coefficient (Wildman–Crippen LogP) is 4.58. The molecular formula is C47H55N5O8. The standard InChI is InChI=1S/C47H55N5O8/c1-8-30-19-28-23-45(41(54)58-6)37-32(31-13-10-11-14-34(31)52(37)26-51(24-28)46(30,45)25-48)20-29-21-33-35(22-36(29)57-5)49(4)39-44(33)16-18-50-17-12-15-43(9-2,38(44)50)40(60-27(3)53)47(39,56)42(55)59-7/h10-15,21-22,28,30,38-40,56H,8-9,16-20,23-24,26H2,1-7H3/t28-,30?,38-,39+,40+,43+,44+,45+,46+,47-/m0/s1. The average Bonchev–Trinajstić information content (AvgIpc) is 3.88. The second-order valence-electron chi connectivity index (χ2n) is 18.6. The number of rotatable bonds is 8. The molecule has 13 heteroatoms. The molecule has 316 valence electrons. The molecule has 11 rings (SSSR count). The monoisotopic (exact) mass is 817 g/mol. The van der Waals surface area contributed by atoms with Crippen LogP contribution in [-0.4, -0.2) is 115 Å². The van der Waals surface area contributed by atoms with Gasteiger partial charge in [0.25, 0.3) is 0 Å². The molecule has 4 bridgehead atoms. The van der Waals surface area contributed by atoms with Crippen molar-refractivity contribution in [1.29, 1.82) is 5.26 Å². The van der Waals surface area contributed by atoms with Gasteiger partial charge in [-0.05, 0) is 72.9 Å². The number of esters is 3. The lowest BCUT2D eigenvalue weighted by Crippen LogP contribution is -2.81. The number of aliphatic hydroxyl groups is 1. The van der Waals surface area contributed by atoms with Gasteiger partial charge >= 0.3 is 17.9 Å². The van der Waals surface area contributed by atoms with Crippen LogP contribution >= 0.6 is 0 Å². The molecule has 3 saturated heterocycles. The number of methoxy groups -OCH3 is 3. The number of likely N-dealkylation sites (N-methyl/N-ethyl adjacent to an activating group) is 1. The molecule has 11 atom stereocenters. The van der Waals surface area contributed by atoms with Crippen LogP contribution in [0.15, 0.2) is 48.6 Å². The van der Waals surface area contributed by atoms with Crippen molar-refractivity contribution in [2.45, 2.75) is 106 Å². The first kappa shape index (κ1) is 39.2. The number of nitriles is 1. The van der Waals surface area contributed by atoms with Crippen LogP contribution < -0.4 is 9.64 Å². The molecule has 2 aliphatic carbocycles. The number of carbonyl (C=O) groups is 3. The fourth-order valence-electron chi connectivity index (χ4n) is 14.9. The summed E-state index contributed by atoms with van der Waals surface area (Å²) in [5.74, 6) is -0.965. The van der Waals surface area contributed by atoms with Crippen molar-refractivity contribution in [3.8, 4) is 11.8 Å². The maximum absolute atomic E-state index is 14.8. The molecule has 0 radical (unpaired) electrons. The largest absolute Gasteiger partial charge is 0.496 e. The summed E-state index contributed by atoms with van der Waals surface area (Å²) in [4.78, 5) is 48.7. The quantitative estimate of drug-likeness (QED) is 0.193. The van der Waals surface area contributed by atoms with Crippen LogP contribution in [0, 0.1) is 28.6 Å². The summed E-state index contributed by atoms with van der Waals surface area (Å²) in [7, 11) is 6.25. The number of benzene rings is 2. The molecular weight excluding hydrogens is 763 g/mol. The first-order chi connectivity index (χ1) is 28.8. The van der Waals surface area contributed by atoms with Crippen LogP contribution in [0.3, 0.4) is 0 Å². The lowest BCUT2D eigenvalue weighted by molar-refractivity contribution is -0.228. The number of piperidine rings is 2. The Labute approximate surface area is 350 Å². The summed E-state index contributed by atoms with van der Waals surface area (Å²) in [6.07, 6.45) is 6.63. The van der Waals surface area contributed by atoms with E-state index < -0.39 is 51.5 Å². The second kappa shape index (κ2) is 13.1. The number of hydrogen-bond donors (Lipinski definition) is 1. The highest BCUT2D eigenvalue weighted by Gasteiger charge is 2.80. The van der Waals surface area contributed by atoms with E-state index in [2.05, 4.69) is 57.7 Å². The van der Waals surface area contributed by atoms with Gasteiger partial charge < -0.3 is 33.5 Å². The zero-order valence-corrected chi connectivity index (χ0v) is 35.6. The number of para-hydroxylation sites is 1. The van der Waals surface area contributed by atoms with Crippen molar-refractivity contribution in [1.82, 2.24) is 14.4 Å². The minimum atomic E-state index is -2.25. The van der Waals surface area contributed by atoms with Crippen LogP contribution in [0.2, 0.25) is 0 Å². The van der Waals surface area contributed by atoms with E-state index >= 15 is 0 Å². The van der Waals surface area contributed by atoms with Gasteiger partial charge in [0.1, 0.15) is 16.7 Å². The molecule has 5 fully saturated rings. The molecule has 1 aromatic heterocycles. The van der Waals surface area contributed by atoms with E-state index in [0.29, 0.717) is 51.2 Å². The van der Waals surface area contributed by atoms with Crippen molar-refractivity contribution < 1.29 is 38.4 Å². The number of aromatic nitrogens is 1. The zero-order chi connectivity index (χ0) is 42.3. The molecule has 1 spiro atoms. The molecule has 3 aromatic rings. The molecule has 2 saturated carbocycles. The SMILES string of the molecule is CCC1C[C@@H]2CN3Cn4c(c(Cc5cc6c(cc5OC)N(C)[C@H]5[C@@](O)(C(=O)OC)[C@H](OC(C)=O)[C@]7(CC)C=CCN8CC[C@]65[C@@H]87)c5ccccc54)[C@@](C(=O)OC)(C2)[C@@]13C#N. The highest BCUT2D eigenvalue weighted by Crippen LogP contribution is 2.68. The van der Waals surface area contributed by atoms with Crippen LogP contribution in [-0.2, 0) is 52.5 Å². The molecule has 7 heterocycles. The van der Waals surface area contributed by atoms with E-state index in [4.69, 9.17) is 18.9 Å². The molecule has 8 aliphatic rings. The van der Waals surface area contributed by atoms with Crippen molar-refractivity contribution in [3.05, 3.63) is 70.9 Å². The van der Waals surface area contributed by atoms with Gasteiger partial charge in [0.05, 0.1) is 40.1 Å². The second-order valence-corrected chi connectivity index (χ2v) is 18.6. The van der Waals surface area contributed by atoms with Gasteiger partial charge in [-0.2, -0.15) is 5.26 Å². The Balaban J connectivity index is 1.22. The summed E-state index contributed by atoms with van der Waals surface area (Å²) in [5.41, 5.74) is -0.789. The predicted molar refractivity (Wildman–Crippen MR) is 221 cm³/mol. The minimum Gasteiger partial charge on any atom is -0.496 e. The molecule has 60 heavy (non-hydrogen) atoms. The van der Waals surface area contributed by atoms with Gasteiger partial charge in [-0.25, -0.2) is 4.79 Å². The smallest absolute Gasteiger partial charge is 0.344 e. The minimum absolute atomic E-state index is 0.0147. The summed E-state index contributed by atoms with van der Waals surface area (Å²) < 4.78 is 25.9. The van der Waals surface area contributed by atoms with Crippen molar-refractivity contribution >= 4 is 34.5 Å². The summed E-state index contributed by atoms with van der Waals surface area (Å²) >= 11 is 0. The van der Waals surface area contributed by atoms with Crippen LogP contribution in [0.5, 0.6) is 5.75 Å². The van der Waals surface area contributed by atoms with Crippen LogP contribution in [0.1, 0.15) is 75.3 Å². The van der Waals surface area contributed by atoms with Gasteiger partial charge in [0.2, 0.25) is 5.60 Å². The van der Waals surface area contributed by atoms with E-state index in [0.717, 1.165) is 58.4 Å². The highest BCUT2D eigenvalue weighted by atomic mass is 16.6. The van der Waals surface area contributed by atoms with Crippen molar-refractivity contribution in [2.75, 3.05) is 52.9 Å². The van der Waals surface area contributed by atoms with Crippen LogP contribution in [0.25, 0.3) is 10.9 Å². The van der Waals surface area contributed by atoms with E-state index in [9.17, 15) is 24.8 Å². The number of ether oxygens (including phenoxy) is 4. The third kappa shape index (κ3) is 4.30. The lowest BCUT2D eigenvalue weighted by atomic mass is 9.47. The number of fused-ring (bicyclic) bond motifs is 5. The Morgan fingerprint density at radius 2 is 1.82 bits per heavy atom. The summed E-state index contributed by atoms with van der Waals surface area (Å²) in [6, 6.07) is 14.2. The Kier molecular flexibility index (Phi) is 8.54. The Morgan fingerprint density at radius 1 is 1.05 bits per heavy atom. The lowest BCUT2D eigenvalue weighted by Gasteiger charge is -2.66. The van der Waals surface area contributed by atoms with Gasteiger partial charge in [0.15, 0.2) is 6.10 Å². The molecule has 6 aliphatic heterocycles. The highest BCUT2D eigenvalue weighted by molar-refractivity contribution is 5.94. The maximum atomic E-state index is 14.8. The Morgan fingerprint density at radius 3 is 2.50 bits per heavy atom. The fourth-order valence-corrected chi connectivity index (χ4v) is 14.9.